The maximum Gasteiger partial charge on any atom is 0.304 e. The lowest BCUT2D eigenvalue weighted by Crippen LogP contribution is -2.10. The molecule has 0 atom stereocenters. The van der Waals surface area contributed by atoms with E-state index in [4.69, 9.17) is 5.11 Å². The molecule has 0 unspecified atom stereocenters. The monoisotopic (exact) mass is 240 g/mol. The summed E-state index contributed by atoms with van der Waals surface area (Å²) in [5.74, 6) is -1.50. The molecule has 0 aliphatic carbocycles. The molecule has 0 spiro atoms. The van der Waals surface area contributed by atoms with E-state index >= 15 is 0 Å². The summed E-state index contributed by atoms with van der Waals surface area (Å²) in [5.41, 5.74) is 0.817. The SMILES string of the molecule is C=Cc1ccc(S(=O)(=O)CCC(=O)O)cc1. The molecule has 0 fully saturated rings. The lowest BCUT2D eigenvalue weighted by Gasteiger charge is -2.02. The minimum absolute atomic E-state index is 0.138. The molecule has 0 aromatic heterocycles. The van der Waals surface area contributed by atoms with E-state index in [2.05, 4.69) is 6.58 Å². The van der Waals surface area contributed by atoms with Crippen LogP contribution < -0.4 is 0 Å². The number of aliphatic carboxylic acids is 1. The van der Waals surface area contributed by atoms with Crippen LogP contribution in [0.25, 0.3) is 6.08 Å². The van der Waals surface area contributed by atoms with Crippen LogP contribution in [-0.2, 0) is 14.6 Å². The fourth-order valence-electron chi connectivity index (χ4n) is 1.15. The Hall–Kier alpha value is -1.62. The molecule has 0 saturated carbocycles. The summed E-state index contributed by atoms with van der Waals surface area (Å²) in [4.78, 5) is 10.4. The van der Waals surface area contributed by atoms with Crippen molar-refractivity contribution in [1.82, 2.24) is 0 Å². The zero-order valence-electron chi connectivity index (χ0n) is 8.59. The van der Waals surface area contributed by atoms with Gasteiger partial charge in [0.25, 0.3) is 0 Å². The van der Waals surface area contributed by atoms with Crippen molar-refractivity contribution in [2.24, 2.45) is 0 Å². The normalized spacial score (nSPS) is 11.0. The minimum Gasteiger partial charge on any atom is -0.481 e. The maximum atomic E-state index is 11.6. The Kier molecular flexibility index (Phi) is 3.84. The highest BCUT2D eigenvalue weighted by Crippen LogP contribution is 2.13. The van der Waals surface area contributed by atoms with Gasteiger partial charge in [-0.3, -0.25) is 4.79 Å². The molecule has 0 heterocycles. The first kappa shape index (κ1) is 12.4. The molecule has 1 rings (SSSR count). The van der Waals surface area contributed by atoms with Gasteiger partial charge in [-0.25, -0.2) is 8.42 Å². The molecule has 0 aliphatic rings. The Morgan fingerprint density at radius 2 is 1.88 bits per heavy atom. The van der Waals surface area contributed by atoms with Crippen LogP contribution in [0.1, 0.15) is 12.0 Å². The van der Waals surface area contributed by atoms with Gasteiger partial charge in [0.1, 0.15) is 0 Å². The van der Waals surface area contributed by atoms with E-state index in [9.17, 15) is 13.2 Å². The van der Waals surface area contributed by atoms with Gasteiger partial charge in [-0.1, -0.05) is 24.8 Å². The summed E-state index contributed by atoms with van der Waals surface area (Å²) in [6.45, 7) is 3.56. The number of benzene rings is 1. The van der Waals surface area contributed by atoms with E-state index in [0.717, 1.165) is 5.56 Å². The fraction of sp³-hybridized carbons (Fsp3) is 0.182. The van der Waals surface area contributed by atoms with Crippen LogP contribution in [0.15, 0.2) is 35.7 Å². The molecule has 1 N–H and O–H groups in total. The number of rotatable bonds is 5. The van der Waals surface area contributed by atoms with Crippen LogP contribution >= 0.6 is 0 Å². The molecular formula is C11H12O4S. The second-order valence-corrected chi connectivity index (χ2v) is 5.34. The minimum atomic E-state index is -3.50. The highest BCUT2D eigenvalue weighted by Gasteiger charge is 2.15. The molecule has 1 aromatic rings. The Morgan fingerprint density at radius 3 is 2.31 bits per heavy atom. The molecule has 0 bridgehead atoms. The summed E-state index contributed by atoms with van der Waals surface area (Å²) in [5, 5.41) is 8.43. The number of carboxylic acids is 1. The van der Waals surface area contributed by atoms with Gasteiger partial charge in [-0.2, -0.15) is 0 Å². The first-order chi connectivity index (χ1) is 7.45. The third-order valence-electron chi connectivity index (χ3n) is 2.06. The van der Waals surface area contributed by atoms with Crippen LogP contribution in [0, 0.1) is 0 Å². The fourth-order valence-corrected chi connectivity index (χ4v) is 2.38. The largest absolute Gasteiger partial charge is 0.481 e. The Bertz CT molecular complexity index is 485. The van der Waals surface area contributed by atoms with Crippen LogP contribution in [0.2, 0.25) is 0 Å². The first-order valence-electron chi connectivity index (χ1n) is 4.63. The Balaban J connectivity index is 2.89. The summed E-state index contributed by atoms with van der Waals surface area (Å²) in [6.07, 6.45) is 1.22. The van der Waals surface area contributed by atoms with E-state index in [0.29, 0.717) is 0 Å². The molecule has 0 aliphatic heterocycles. The van der Waals surface area contributed by atoms with Crippen LogP contribution in [-0.4, -0.2) is 25.2 Å². The third kappa shape index (κ3) is 3.20. The third-order valence-corrected chi connectivity index (χ3v) is 3.79. The summed E-state index contributed by atoms with van der Waals surface area (Å²) in [7, 11) is -3.50. The molecule has 16 heavy (non-hydrogen) atoms. The van der Waals surface area contributed by atoms with Crippen molar-refractivity contribution < 1.29 is 18.3 Å². The molecule has 0 amide bonds. The van der Waals surface area contributed by atoms with Gasteiger partial charge in [0.15, 0.2) is 9.84 Å². The first-order valence-corrected chi connectivity index (χ1v) is 6.28. The van der Waals surface area contributed by atoms with Crippen molar-refractivity contribution in [3.05, 3.63) is 36.4 Å². The summed E-state index contributed by atoms with van der Waals surface area (Å²) >= 11 is 0. The molecule has 5 heteroatoms. The van der Waals surface area contributed by atoms with E-state index in [1.54, 1.807) is 18.2 Å². The van der Waals surface area contributed by atoms with Crippen molar-refractivity contribution in [2.75, 3.05) is 5.75 Å². The number of carboxylic acid groups (broad SMARTS) is 1. The highest BCUT2D eigenvalue weighted by atomic mass is 32.2. The number of sulfone groups is 1. The Labute approximate surface area is 94.1 Å². The quantitative estimate of drug-likeness (QED) is 0.848. The molecular weight excluding hydrogens is 228 g/mol. The zero-order valence-corrected chi connectivity index (χ0v) is 9.40. The highest BCUT2D eigenvalue weighted by molar-refractivity contribution is 7.91. The number of carbonyl (C=O) groups is 1. The molecule has 4 nitrogen and oxygen atoms in total. The topological polar surface area (TPSA) is 71.4 Å². The molecule has 86 valence electrons. The average Bonchev–Trinajstić information content (AvgIpc) is 2.27. The Morgan fingerprint density at radius 1 is 1.31 bits per heavy atom. The maximum absolute atomic E-state index is 11.6. The van der Waals surface area contributed by atoms with E-state index in [1.807, 2.05) is 0 Å². The predicted molar refractivity (Wildman–Crippen MR) is 60.8 cm³/mol. The second-order valence-electron chi connectivity index (χ2n) is 3.24. The van der Waals surface area contributed by atoms with Crippen molar-refractivity contribution in [3.63, 3.8) is 0 Å². The van der Waals surface area contributed by atoms with Gasteiger partial charge >= 0.3 is 5.97 Å². The summed E-state index contributed by atoms with van der Waals surface area (Å²) in [6, 6.07) is 6.16. The van der Waals surface area contributed by atoms with E-state index < -0.39 is 15.8 Å². The summed E-state index contributed by atoms with van der Waals surface area (Å²) < 4.78 is 23.3. The second kappa shape index (κ2) is 4.94. The predicted octanol–water partition coefficient (Wildman–Crippen LogP) is 1.58. The van der Waals surface area contributed by atoms with Crippen molar-refractivity contribution in [1.29, 1.82) is 0 Å². The van der Waals surface area contributed by atoms with E-state index in [1.165, 1.54) is 12.1 Å². The lowest BCUT2D eigenvalue weighted by molar-refractivity contribution is -0.136. The van der Waals surface area contributed by atoms with Crippen molar-refractivity contribution in [3.8, 4) is 0 Å². The number of hydrogen-bond acceptors (Lipinski definition) is 3. The van der Waals surface area contributed by atoms with Crippen LogP contribution in [0.5, 0.6) is 0 Å². The van der Waals surface area contributed by atoms with Crippen LogP contribution in [0.4, 0.5) is 0 Å². The van der Waals surface area contributed by atoms with Gasteiger partial charge < -0.3 is 5.11 Å². The molecule has 0 saturated heterocycles. The van der Waals surface area contributed by atoms with Gasteiger partial charge in [-0.05, 0) is 17.7 Å². The standard InChI is InChI=1S/C11H12O4S/c1-2-9-3-5-10(6-4-9)16(14,15)8-7-11(12)13/h2-6H,1,7-8H2,(H,12,13). The van der Waals surface area contributed by atoms with Gasteiger partial charge in [0.05, 0.1) is 17.1 Å². The average molecular weight is 240 g/mol. The van der Waals surface area contributed by atoms with E-state index in [-0.39, 0.29) is 17.1 Å². The number of hydrogen-bond donors (Lipinski definition) is 1. The van der Waals surface area contributed by atoms with Gasteiger partial charge in [-0.15, -0.1) is 0 Å². The zero-order chi connectivity index (χ0) is 12.2. The van der Waals surface area contributed by atoms with Crippen molar-refractivity contribution >= 4 is 21.9 Å². The van der Waals surface area contributed by atoms with Gasteiger partial charge in [0, 0.05) is 0 Å². The van der Waals surface area contributed by atoms with Crippen molar-refractivity contribution in [2.45, 2.75) is 11.3 Å². The van der Waals surface area contributed by atoms with Gasteiger partial charge in [0.2, 0.25) is 0 Å². The molecule has 1 aromatic carbocycles. The van der Waals surface area contributed by atoms with Crippen LogP contribution in [0.3, 0.4) is 0 Å². The lowest BCUT2D eigenvalue weighted by atomic mass is 10.2. The molecule has 0 radical (unpaired) electrons. The smallest absolute Gasteiger partial charge is 0.304 e.